The van der Waals surface area contributed by atoms with E-state index in [4.69, 9.17) is 4.74 Å². The van der Waals surface area contributed by atoms with Gasteiger partial charge in [-0.1, -0.05) is 6.07 Å². The van der Waals surface area contributed by atoms with Crippen LogP contribution in [0.15, 0.2) is 18.2 Å². The monoisotopic (exact) mass is 219 g/mol. The van der Waals surface area contributed by atoms with E-state index in [0.717, 1.165) is 18.7 Å². The third-order valence-corrected chi connectivity index (χ3v) is 3.33. The number of hydrogen-bond acceptors (Lipinski definition) is 2. The Balaban J connectivity index is 2.02. The van der Waals surface area contributed by atoms with Gasteiger partial charge in [-0.05, 0) is 51.0 Å². The third kappa shape index (κ3) is 2.56. The minimum atomic E-state index is 0.213. The molecule has 1 aromatic carbocycles. The molecule has 1 aliphatic rings. The predicted octanol–water partition coefficient (Wildman–Crippen LogP) is 2.82. The molecule has 0 radical (unpaired) electrons. The first-order valence-corrected chi connectivity index (χ1v) is 5.95. The molecule has 2 nitrogen and oxygen atoms in total. The maximum Gasteiger partial charge on any atom is 0.120 e. The summed E-state index contributed by atoms with van der Waals surface area (Å²) in [6.07, 6.45) is 1.37. The molecule has 2 heteroatoms. The molecule has 1 heterocycles. The summed E-state index contributed by atoms with van der Waals surface area (Å²) in [5.41, 5.74) is 2.82. The van der Waals surface area contributed by atoms with Crippen LogP contribution in [-0.2, 0) is 0 Å². The summed E-state index contributed by atoms with van der Waals surface area (Å²) >= 11 is 0. The first-order valence-electron chi connectivity index (χ1n) is 5.95. The highest BCUT2D eigenvalue weighted by Gasteiger charge is 2.31. The van der Waals surface area contributed by atoms with E-state index in [9.17, 15) is 0 Å². The second-order valence-electron chi connectivity index (χ2n) is 5.45. The van der Waals surface area contributed by atoms with Crippen molar-refractivity contribution < 1.29 is 4.74 Å². The van der Waals surface area contributed by atoms with Crippen molar-refractivity contribution in [1.82, 2.24) is 5.32 Å². The van der Waals surface area contributed by atoms with Crippen molar-refractivity contribution >= 4 is 0 Å². The van der Waals surface area contributed by atoms with E-state index in [1.807, 2.05) is 0 Å². The van der Waals surface area contributed by atoms with Crippen molar-refractivity contribution in [3.8, 4) is 5.75 Å². The van der Waals surface area contributed by atoms with Gasteiger partial charge in [0, 0.05) is 18.5 Å². The Morgan fingerprint density at radius 3 is 2.56 bits per heavy atom. The maximum atomic E-state index is 5.98. The average molecular weight is 219 g/mol. The van der Waals surface area contributed by atoms with Crippen LogP contribution < -0.4 is 10.1 Å². The lowest BCUT2D eigenvalue weighted by atomic mass is 10.0. The fourth-order valence-electron chi connectivity index (χ4n) is 2.17. The molecule has 1 N–H and O–H groups in total. The van der Waals surface area contributed by atoms with Gasteiger partial charge in [0.2, 0.25) is 0 Å². The minimum absolute atomic E-state index is 0.213. The molecule has 1 aliphatic heterocycles. The Morgan fingerprint density at radius 1 is 1.25 bits per heavy atom. The summed E-state index contributed by atoms with van der Waals surface area (Å²) in [5, 5.41) is 3.47. The molecular weight excluding hydrogens is 198 g/mol. The number of ether oxygens (including phenoxy) is 1. The van der Waals surface area contributed by atoms with E-state index in [0.29, 0.717) is 6.10 Å². The Morgan fingerprint density at radius 2 is 2.00 bits per heavy atom. The van der Waals surface area contributed by atoms with Crippen LogP contribution in [0.25, 0.3) is 0 Å². The van der Waals surface area contributed by atoms with Crippen LogP contribution in [0.3, 0.4) is 0 Å². The molecule has 1 unspecified atom stereocenters. The van der Waals surface area contributed by atoms with Crippen LogP contribution in [0.1, 0.15) is 31.4 Å². The summed E-state index contributed by atoms with van der Waals surface area (Å²) in [5.74, 6) is 0.993. The average Bonchev–Trinajstić information content (AvgIpc) is 2.52. The van der Waals surface area contributed by atoms with Crippen molar-refractivity contribution in [3.63, 3.8) is 0 Å². The molecule has 0 aliphatic carbocycles. The molecule has 1 saturated heterocycles. The topological polar surface area (TPSA) is 21.3 Å². The van der Waals surface area contributed by atoms with E-state index in [2.05, 4.69) is 51.2 Å². The molecule has 0 bridgehead atoms. The lowest BCUT2D eigenvalue weighted by Crippen LogP contribution is -2.31. The van der Waals surface area contributed by atoms with Gasteiger partial charge in [0.1, 0.15) is 11.9 Å². The molecule has 2 rings (SSSR count). The summed E-state index contributed by atoms with van der Waals surface area (Å²) in [7, 11) is 0. The van der Waals surface area contributed by atoms with Crippen molar-refractivity contribution in [1.29, 1.82) is 0 Å². The quantitative estimate of drug-likeness (QED) is 0.826. The molecule has 1 fully saturated rings. The largest absolute Gasteiger partial charge is 0.489 e. The minimum Gasteiger partial charge on any atom is -0.489 e. The normalized spacial score (nSPS) is 23.4. The zero-order chi connectivity index (χ0) is 11.8. The molecule has 88 valence electrons. The van der Waals surface area contributed by atoms with Gasteiger partial charge >= 0.3 is 0 Å². The molecule has 0 aromatic heterocycles. The fourth-order valence-corrected chi connectivity index (χ4v) is 2.17. The van der Waals surface area contributed by atoms with Gasteiger partial charge < -0.3 is 10.1 Å². The third-order valence-electron chi connectivity index (χ3n) is 3.33. The lowest BCUT2D eigenvalue weighted by Gasteiger charge is -2.18. The van der Waals surface area contributed by atoms with Crippen LogP contribution in [0.5, 0.6) is 5.75 Å². The van der Waals surface area contributed by atoms with Crippen LogP contribution in [0, 0.1) is 13.8 Å². The summed E-state index contributed by atoms with van der Waals surface area (Å²) in [6, 6.07) is 6.31. The molecule has 1 aromatic rings. The molecule has 16 heavy (non-hydrogen) atoms. The van der Waals surface area contributed by atoms with Gasteiger partial charge in [-0.2, -0.15) is 0 Å². The van der Waals surface area contributed by atoms with E-state index in [1.54, 1.807) is 0 Å². The Labute approximate surface area is 98.0 Å². The van der Waals surface area contributed by atoms with Crippen LogP contribution in [0.2, 0.25) is 0 Å². The highest BCUT2D eigenvalue weighted by molar-refractivity contribution is 5.34. The van der Waals surface area contributed by atoms with Gasteiger partial charge in [-0.25, -0.2) is 0 Å². The maximum absolute atomic E-state index is 5.98. The number of aryl methyl sites for hydroxylation is 2. The van der Waals surface area contributed by atoms with Crippen molar-refractivity contribution in [2.75, 3.05) is 6.54 Å². The number of nitrogens with one attached hydrogen (secondary N) is 1. The molecule has 1 atom stereocenters. The van der Waals surface area contributed by atoms with Gasteiger partial charge in [-0.3, -0.25) is 0 Å². The van der Waals surface area contributed by atoms with E-state index in [1.165, 1.54) is 11.1 Å². The Hall–Kier alpha value is -1.02. The first kappa shape index (κ1) is 11.5. The standard InChI is InChI=1S/C14H21NO/c1-10-5-6-12(7-11(10)2)16-13-8-14(3,4)15-9-13/h5-7,13,15H,8-9H2,1-4H3. The summed E-state index contributed by atoms with van der Waals surface area (Å²) in [4.78, 5) is 0. The molecular formula is C14H21NO. The molecule has 0 amide bonds. The predicted molar refractivity (Wildman–Crippen MR) is 67.0 cm³/mol. The van der Waals surface area contributed by atoms with Crippen molar-refractivity contribution in [2.24, 2.45) is 0 Å². The molecule has 0 spiro atoms. The summed E-state index contributed by atoms with van der Waals surface area (Å²) in [6.45, 7) is 9.63. The second-order valence-corrected chi connectivity index (χ2v) is 5.45. The van der Waals surface area contributed by atoms with Gasteiger partial charge in [-0.15, -0.1) is 0 Å². The zero-order valence-corrected chi connectivity index (χ0v) is 10.6. The van der Waals surface area contributed by atoms with Gasteiger partial charge in [0.05, 0.1) is 0 Å². The fraction of sp³-hybridized carbons (Fsp3) is 0.571. The van der Waals surface area contributed by atoms with E-state index < -0.39 is 0 Å². The van der Waals surface area contributed by atoms with Gasteiger partial charge in [0.25, 0.3) is 0 Å². The Kier molecular flexibility index (Phi) is 2.94. The number of hydrogen-bond donors (Lipinski definition) is 1. The van der Waals surface area contributed by atoms with Crippen LogP contribution >= 0.6 is 0 Å². The van der Waals surface area contributed by atoms with E-state index in [-0.39, 0.29) is 5.54 Å². The van der Waals surface area contributed by atoms with Crippen molar-refractivity contribution in [2.45, 2.75) is 45.8 Å². The number of benzene rings is 1. The zero-order valence-electron chi connectivity index (χ0n) is 10.6. The highest BCUT2D eigenvalue weighted by Crippen LogP contribution is 2.24. The Bertz CT molecular complexity index is 384. The van der Waals surface area contributed by atoms with Crippen LogP contribution in [0.4, 0.5) is 0 Å². The SMILES string of the molecule is Cc1ccc(OC2CNC(C)(C)C2)cc1C. The van der Waals surface area contributed by atoms with E-state index >= 15 is 0 Å². The van der Waals surface area contributed by atoms with Gasteiger partial charge in [0.15, 0.2) is 0 Å². The van der Waals surface area contributed by atoms with Crippen LogP contribution in [-0.4, -0.2) is 18.2 Å². The molecule has 0 saturated carbocycles. The highest BCUT2D eigenvalue weighted by atomic mass is 16.5. The number of rotatable bonds is 2. The lowest BCUT2D eigenvalue weighted by molar-refractivity contribution is 0.214. The van der Waals surface area contributed by atoms with Crippen molar-refractivity contribution in [3.05, 3.63) is 29.3 Å². The first-order chi connectivity index (χ1) is 7.46. The summed E-state index contributed by atoms with van der Waals surface area (Å²) < 4.78 is 5.98. The smallest absolute Gasteiger partial charge is 0.120 e. The second kappa shape index (κ2) is 4.10.